The lowest BCUT2D eigenvalue weighted by Gasteiger charge is -2.20. The number of aliphatic hydroxyl groups is 1. The Labute approximate surface area is 148 Å². The van der Waals surface area contributed by atoms with E-state index in [-0.39, 0.29) is 12.5 Å². The number of carbonyl (C=O) groups excluding carboxylic acids is 1. The first-order valence-electron chi connectivity index (χ1n) is 8.71. The van der Waals surface area contributed by atoms with Gasteiger partial charge in [-0.05, 0) is 49.1 Å². The van der Waals surface area contributed by atoms with Gasteiger partial charge in [0.05, 0.1) is 11.8 Å². The number of ether oxygens (including phenoxy) is 1. The van der Waals surface area contributed by atoms with Crippen LogP contribution in [0, 0.1) is 0 Å². The van der Waals surface area contributed by atoms with Crippen LogP contribution >= 0.6 is 0 Å². The summed E-state index contributed by atoms with van der Waals surface area (Å²) in [6.07, 6.45) is 2.65. The van der Waals surface area contributed by atoms with Crippen LogP contribution in [0.25, 0.3) is 0 Å². The molecule has 2 aromatic carbocycles. The van der Waals surface area contributed by atoms with Gasteiger partial charge in [0.2, 0.25) is 0 Å². The van der Waals surface area contributed by atoms with Gasteiger partial charge in [0.1, 0.15) is 5.75 Å². The summed E-state index contributed by atoms with van der Waals surface area (Å²) >= 11 is 0. The van der Waals surface area contributed by atoms with Gasteiger partial charge in [-0.3, -0.25) is 4.79 Å². The fraction of sp³-hybridized carbons (Fsp3) is 0.350. The molecule has 1 amide bonds. The van der Waals surface area contributed by atoms with Crippen molar-refractivity contribution in [2.45, 2.75) is 25.4 Å². The Kier molecular flexibility index (Phi) is 6.04. The van der Waals surface area contributed by atoms with Crippen LogP contribution in [-0.4, -0.2) is 30.7 Å². The highest BCUT2D eigenvalue weighted by Crippen LogP contribution is 2.30. The minimum atomic E-state index is -0.613. The van der Waals surface area contributed by atoms with Crippen LogP contribution < -0.4 is 15.4 Å². The second kappa shape index (κ2) is 8.65. The summed E-state index contributed by atoms with van der Waals surface area (Å²) in [6.45, 7) is 1.40. The van der Waals surface area contributed by atoms with Crippen molar-refractivity contribution in [1.82, 2.24) is 5.32 Å². The van der Waals surface area contributed by atoms with Gasteiger partial charge in [0, 0.05) is 6.54 Å². The molecular formula is C20H24N2O3. The number of nitrogens with one attached hydrogen (secondary N) is 2. The van der Waals surface area contributed by atoms with E-state index in [4.69, 9.17) is 4.74 Å². The number of amides is 1. The number of aryl methyl sites for hydroxylation is 1. The van der Waals surface area contributed by atoms with E-state index in [1.165, 1.54) is 5.56 Å². The lowest BCUT2D eigenvalue weighted by Crippen LogP contribution is -2.26. The molecule has 0 fully saturated rings. The highest BCUT2D eigenvalue weighted by atomic mass is 16.5. The standard InChI is InChI=1S/C20H24N2O3/c23-18(13-21-11-5-4-8-15-6-2-1-3-7-15)16-9-10-19-17(12-16)22-20(24)14-25-19/h1-3,6-7,9-10,12,18,21,23H,4-5,8,11,13-14H2,(H,22,24). The van der Waals surface area contributed by atoms with Gasteiger partial charge in [-0.2, -0.15) is 0 Å². The third-order valence-corrected chi connectivity index (χ3v) is 4.27. The molecule has 132 valence electrons. The van der Waals surface area contributed by atoms with Crippen molar-refractivity contribution in [3.05, 3.63) is 59.7 Å². The Hall–Kier alpha value is -2.37. The molecule has 0 spiro atoms. The molecule has 0 aromatic heterocycles. The van der Waals surface area contributed by atoms with Gasteiger partial charge in [-0.15, -0.1) is 0 Å². The maximum Gasteiger partial charge on any atom is 0.262 e. The van der Waals surface area contributed by atoms with E-state index < -0.39 is 6.10 Å². The first-order valence-corrected chi connectivity index (χ1v) is 8.71. The molecule has 0 aliphatic carbocycles. The van der Waals surface area contributed by atoms with E-state index in [9.17, 15) is 9.90 Å². The Balaban J connectivity index is 1.38. The molecule has 0 radical (unpaired) electrons. The van der Waals surface area contributed by atoms with E-state index in [1.807, 2.05) is 12.1 Å². The molecule has 1 atom stereocenters. The molecule has 3 N–H and O–H groups in total. The van der Waals surface area contributed by atoms with Crippen molar-refractivity contribution in [3.63, 3.8) is 0 Å². The van der Waals surface area contributed by atoms with E-state index in [0.29, 0.717) is 18.0 Å². The van der Waals surface area contributed by atoms with Gasteiger partial charge in [-0.1, -0.05) is 36.4 Å². The van der Waals surface area contributed by atoms with E-state index >= 15 is 0 Å². The van der Waals surface area contributed by atoms with Crippen LogP contribution in [-0.2, 0) is 11.2 Å². The van der Waals surface area contributed by atoms with Crippen LogP contribution in [0.4, 0.5) is 5.69 Å². The zero-order valence-corrected chi connectivity index (χ0v) is 14.2. The lowest BCUT2D eigenvalue weighted by atomic mass is 10.1. The molecule has 0 saturated carbocycles. The van der Waals surface area contributed by atoms with Crippen LogP contribution in [0.5, 0.6) is 5.75 Å². The summed E-state index contributed by atoms with van der Waals surface area (Å²) < 4.78 is 5.32. The average Bonchev–Trinajstić information content (AvgIpc) is 2.64. The summed E-state index contributed by atoms with van der Waals surface area (Å²) in [6, 6.07) is 15.8. The maximum absolute atomic E-state index is 11.4. The topological polar surface area (TPSA) is 70.6 Å². The largest absolute Gasteiger partial charge is 0.482 e. The zero-order chi connectivity index (χ0) is 17.5. The number of unbranched alkanes of at least 4 members (excludes halogenated alkanes) is 1. The number of hydrogen-bond donors (Lipinski definition) is 3. The predicted octanol–water partition coefficient (Wildman–Crippen LogP) is 2.66. The number of rotatable bonds is 8. The zero-order valence-electron chi connectivity index (χ0n) is 14.2. The van der Waals surface area contributed by atoms with Crippen LogP contribution in [0.2, 0.25) is 0 Å². The van der Waals surface area contributed by atoms with Crippen molar-refractivity contribution < 1.29 is 14.6 Å². The van der Waals surface area contributed by atoms with Gasteiger partial charge in [0.15, 0.2) is 6.61 Å². The molecule has 25 heavy (non-hydrogen) atoms. The number of benzene rings is 2. The number of aliphatic hydroxyl groups excluding tert-OH is 1. The highest BCUT2D eigenvalue weighted by molar-refractivity contribution is 5.95. The summed E-state index contributed by atoms with van der Waals surface area (Å²) in [7, 11) is 0. The van der Waals surface area contributed by atoms with E-state index in [2.05, 4.69) is 34.9 Å². The molecule has 3 rings (SSSR count). The second-order valence-electron chi connectivity index (χ2n) is 6.26. The lowest BCUT2D eigenvalue weighted by molar-refractivity contribution is -0.118. The number of hydrogen-bond acceptors (Lipinski definition) is 4. The first kappa shape index (κ1) is 17.5. The molecule has 1 aliphatic rings. The fourth-order valence-corrected chi connectivity index (χ4v) is 2.89. The van der Waals surface area contributed by atoms with Crippen molar-refractivity contribution in [2.24, 2.45) is 0 Å². The molecule has 1 heterocycles. The van der Waals surface area contributed by atoms with Crippen molar-refractivity contribution >= 4 is 11.6 Å². The predicted molar refractivity (Wildman–Crippen MR) is 97.8 cm³/mol. The highest BCUT2D eigenvalue weighted by Gasteiger charge is 2.17. The third-order valence-electron chi connectivity index (χ3n) is 4.27. The number of fused-ring (bicyclic) bond motifs is 1. The molecule has 5 heteroatoms. The molecular weight excluding hydrogens is 316 g/mol. The Morgan fingerprint density at radius 1 is 1.16 bits per heavy atom. The van der Waals surface area contributed by atoms with E-state index in [1.54, 1.807) is 12.1 Å². The number of carbonyl (C=O) groups is 1. The third kappa shape index (κ3) is 5.05. The van der Waals surface area contributed by atoms with Crippen molar-refractivity contribution in [3.8, 4) is 5.75 Å². The summed E-state index contributed by atoms with van der Waals surface area (Å²) in [4.78, 5) is 11.4. The van der Waals surface area contributed by atoms with Crippen LogP contribution in [0.15, 0.2) is 48.5 Å². The van der Waals surface area contributed by atoms with E-state index in [0.717, 1.165) is 31.4 Å². The molecule has 5 nitrogen and oxygen atoms in total. The molecule has 1 unspecified atom stereocenters. The fourth-order valence-electron chi connectivity index (χ4n) is 2.89. The Bertz CT molecular complexity index is 703. The Morgan fingerprint density at radius 3 is 2.84 bits per heavy atom. The van der Waals surface area contributed by atoms with Gasteiger partial charge < -0.3 is 20.5 Å². The molecule has 2 aromatic rings. The maximum atomic E-state index is 11.4. The van der Waals surface area contributed by atoms with Crippen molar-refractivity contribution in [2.75, 3.05) is 25.0 Å². The average molecular weight is 340 g/mol. The molecule has 1 aliphatic heterocycles. The van der Waals surface area contributed by atoms with Gasteiger partial charge >= 0.3 is 0 Å². The SMILES string of the molecule is O=C1COc2ccc(C(O)CNCCCCc3ccccc3)cc2N1. The minimum absolute atomic E-state index is 0.0411. The summed E-state index contributed by atoms with van der Waals surface area (Å²) in [5.41, 5.74) is 2.75. The second-order valence-corrected chi connectivity index (χ2v) is 6.26. The smallest absolute Gasteiger partial charge is 0.262 e. The summed E-state index contributed by atoms with van der Waals surface area (Å²) in [5, 5.41) is 16.4. The van der Waals surface area contributed by atoms with Crippen LogP contribution in [0.1, 0.15) is 30.1 Å². The van der Waals surface area contributed by atoms with Gasteiger partial charge in [0.25, 0.3) is 5.91 Å². The van der Waals surface area contributed by atoms with Gasteiger partial charge in [-0.25, -0.2) is 0 Å². The van der Waals surface area contributed by atoms with Crippen molar-refractivity contribution in [1.29, 1.82) is 0 Å². The number of anilines is 1. The molecule has 0 saturated heterocycles. The monoisotopic (exact) mass is 340 g/mol. The van der Waals surface area contributed by atoms with Crippen LogP contribution in [0.3, 0.4) is 0 Å². The normalized spacial score (nSPS) is 14.4. The first-order chi connectivity index (χ1) is 12.2. The Morgan fingerprint density at radius 2 is 2.00 bits per heavy atom. The summed E-state index contributed by atoms with van der Waals surface area (Å²) in [5.74, 6) is 0.472. The minimum Gasteiger partial charge on any atom is -0.482 e. The molecule has 0 bridgehead atoms. The quantitative estimate of drug-likeness (QED) is 0.646.